The van der Waals surface area contributed by atoms with Crippen LogP contribution in [0.2, 0.25) is 0 Å². The first-order valence-electron chi connectivity index (χ1n) is 9.81. The number of rotatable bonds is 5. The maximum Gasteiger partial charge on any atom is 0.244 e. The molecule has 1 aromatic carbocycles. The van der Waals surface area contributed by atoms with Gasteiger partial charge in [-0.15, -0.1) is 0 Å². The van der Waals surface area contributed by atoms with E-state index in [2.05, 4.69) is 13.8 Å². The molecule has 1 aliphatic rings. The molecule has 5 nitrogen and oxygen atoms in total. The van der Waals surface area contributed by atoms with Crippen LogP contribution in [0.4, 0.5) is 0 Å². The first-order chi connectivity index (χ1) is 12.4. The van der Waals surface area contributed by atoms with Crippen LogP contribution < -0.4 is 0 Å². The van der Waals surface area contributed by atoms with Crippen molar-refractivity contribution in [2.45, 2.75) is 77.2 Å². The van der Waals surface area contributed by atoms with Crippen molar-refractivity contribution in [3.63, 3.8) is 0 Å². The van der Waals surface area contributed by atoms with E-state index in [1.807, 2.05) is 46.8 Å². The molecule has 6 heteroatoms. The van der Waals surface area contributed by atoms with Gasteiger partial charge in [-0.25, -0.2) is 8.42 Å². The summed E-state index contributed by atoms with van der Waals surface area (Å²) in [6.45, 7) is 14.5. The number of nitrogens with zero attached hydrogens (tertiary/aromatic N) is 2. The number of hydrogen-bond donors (Lipinski definition) is 0. The minimum atomic E-state index is -3.76. The first kappa shape index (κ1) is 21.9. The molecule has 1 aliphatic heterocycles. The number of benzene rings is 1. The molecule has 152 valence electrons. The lowest BCUT2D eigenvalue weighted by Crippen LogP contribution is -2.55. The Kier molecular flexibility index (Phi) is 6.42. The number of likely N-dealkylation sites (N-methyl/N-ethyl adjacent to an activating group) is 1. The van der Waals surface area contributed by atoms with Crippen LogP contribution in [-0.4, -0.2) is 49.7 Å². The molecule has 0 aromatic heterocycles. The zero-order valence-corrected chi connectivity index (χ0v) is 18.7. The Morgan fingerprint density at radius 1 is 0.963 bits per heavy atom. The molecule has 0 aliphatic carbocycles. The summed E-state index contributed by atoms with van der Waals surface area (Å²) in [5.41, 5.74) is 2.86. The van der Waals surface area contributed by atoms with Gasteiger partial charge in [0.25, 0.3) is 0 Å². The van der Waals surface area contributed by atoms with E-state index in [1.54, 1.807) is 11.9 Å². The molecular formula is C21H34N2O3S. The lowest BCUT2D eigenvalue weighted by Gasteiger charge is -2.37. The molecular weight excluding hydrogens is 360 g/mol. The highest BCUT2D eigenvalue weighted by Crippen LogP contribution is 2.37. The van der Waals surface area contributed by atoms with E-state index < -0.39 is 10.0 Å². The van der Waals surface area contributed by atoms with Crippen LogP contribution in [0.25, 0.3) is 0 Å². The van der Waals surface area contributed by atoms with Gasteiger partial charge in [0.05, 0.1) is 11.4 Å². The van der Waals surface area contributed by atoms with Crippen LogP contribution in [0.15, 0.2) is 17.0 Å². The Labute approximate surface area is 164 Å². The summed E-state index contributed by atoms with van der Waals surface area (Å²) in [6.07, 6.45) is 0. The van der Waals surface area contributed by atoms with E-state index in [4.69, 9.17) is 0 Å². The minimum absolute atomic E-state index is 0.0755. The topological polar surface area (TPSA) is 57.7 Å². The Morgan fingerprint density at radius 3 is 1.81 bits per heavy atom. The summed E-state index contributed by atoms with van der Waals surface area (Å²) in [4.78, 5) is 14.3. The Bertz CT molecular complexity index is 784. The molecule has 0 saturated carbocycles. The zero-order valence-electron chi connectivity index (χ0n) is 17.9. The fourth-order valence-corrected chi connectivity index (χ4v) is 5.63. The zero-order chi connectivity index (χ0) is 20.7. The summed E-state index contributed by atoms with van der Waals surface area (Å²) >= 11 is 0. The van der Waals surface area contributed by atoms with Gasteiger partial charge in [0.15, 0.2) is 0 Å². The SMILES string of the molecule is CC(C)c1cc(C(C)C)c(S(=O)(=O)N2CC(=O)N(C)C(C)C2)c(C(C)C)c1. The van der Waals surface area contributed by atoms with Gasteiger partial charge >= 0.3 is 0 Å². The fraction of sp³-hybridized carbons (Fsp3) is 0.667. The average molecular weight is 395 g/mol. The first-order valence-corrected chi connectivity index (χ1v) is 11.2. The van der Waals surface area contributed by atoms with Gasteiger partial charge in [-0.05, 0) is 41.4 Å². The minimum Gasteiger partial charge on any atom is -0.341 e. The third-order valence-electron chi connectivity index (χ3n) is 5.51. The average Bonchev–Trinajstić information content (AvgIpc) is 2.57. The van der Waals surface area contributed by atoms with Crippen LogP contribution >= 0.6 is 0 Å². The summed E-state index contributed by atoms with van der Waals surface area (Å²) in [6, 6.07) is 3.94. The van der Waals surface area contributed by atoms with Crippen molar-refractivity contribution in [3.8, 4) is 0 Å². The van der Waals surface area contributed by atoms with Crippen molar-refractivity contribution < 1.29 is 13.2 Å². The van der Waals surface area contributed by atoms with Crippen molar-refractivity contribution in [1.82, 2.24) is 9.21 Å². The Morgan fingerprint density at radius 2 is 1.44 bits per heavy atom. The molecule has 1 heterocycles. The lowest BCUT2D eigenvalue weighted by molar-refractivity contribution is -0.135. The normalized spacial score (nSPS) is 19.6. The van der Waals surface area contributed by atoms with Crippen LogP contribution in [0.3, 0.4) is 0 Å². The monoisotopic (exact) mass is 394 g/mol. The van der Waals surface area contributed by atoms with Crippen molar-refractivity contribution in [2.75, 3.05) is 20.1 Å². The summed E-state index contributed by atoms with van der Waals surface area (Å²) in [5, 5.41) is 0. The molecule has 2 rings (SSSR count). The molecule has 1 fully saturated rings. The standard InChI is InChI=1S/C21H34N2O3S/c1-13(2)17-9-18(14(3)4)21(19(10-17)15(5)6)27(25,26)23-11-16(7)22(8)20(24)12-23/h9-10,13-16H,11-12H2,1-8H3. The Hall–Kier alpha value is -1.40. The van der Waals surface area contributed by atoms with E-state index in [-0.39, 0.29) is 30.3 Å². The third kappa shape index (κ3) is 4.21. The molecule has 0 N–H and O–H groups in total. The number of hydrogen-bond acceptors (Lipinski definition) is 3. The quantitative estimate of drug-likeness (QED) is 0.761. The van der Waals surface area contributed by atoms with E-state index in [1.165, 1.54) is 4.31 Å². The number of amides is 1. The molecule has 1 saturated heterocycles. The number of carbonyl (C=O) groups is 1. The van der Waals surface area contributed by atoms with Gasteiger partial charge in [0.2, 0.25) is 15.9 Å². The maximum atomic E-state index is 13.7. The molecule has 0 radical (unpaired) electrons. The van der Waals surface area contributed by atoms with Crippen molar-refractivity contribution >= 4 is 15.9 Å². The third-order valence-corrected chi connectivity index (χ3v) is 7.46. The highest BCUT2D eigenvalue weighted by atomic mass is 32.2. The predicted octanol–water partition coefficient (Wildman–Crippen LogP) is 3.91. The van der Waals surface area contributed by atoms with E-state index in [0.717, 1.165) is 16.7 Å². The summed E-state index contributed by atoms with van der Waals surface area (Å²) < 4.78 is 28.7. The van der Waals surface area contributed by atoms with Crippen molar-refractivity contribution in [3.05, 3.63) is 28.8 Å². The van der Waals surface area contributed by atoms with E-state index in [9.17, 15) is 13.2 Å². The van der Waals surface area contributed by atoms with Gasteiger partial charge in [-0.3, -0.25) is 4.79 Å². The summed E-state index contributed by atoms with van der Waals surface area (Å²) in [5.74, 6) is 0.313. The van der Waals surface area contributed by atoms with Crippen LogP contribution in [0, 0.1) is 0 Å². The van der Waals surface area contributed by atoms with Crippen LogP contribution in [-0.2, 0) is 14.8 Å². The fourth-order valence-electron chi connectivity index (χ4n) is 3.49. The van der Waals surface area contributed by atoms with Crippen molar-refractivity contribution in [2.24, 2.45) is 0 Å². The molecule has 27 heavy (non-hydrogen) atoms. The van der Waals surface area contributed by atoms with Crippen LogP contribution in [0.5, 0.6) is 0 Å². The largest absolute Gasteiger partial charge is 0.341 e. The number of sulfonamides is 1. The van der Waals surface area contributed by atoms with Crippen molar-refractivity contribution in [1.29, 1.82) is 0 Å². The predicted molar refractivity (Wildman–Crippen MR) is 110 cm³/mol. The molecule has 0 bridgehead atoms. The highest BCUT2D eigenvalue weighted by molar-refractivity contribution is 7.89. The molecule has 1 atom stereocenters. The van der Waals surface area contributed by atoms with Crippen LogP contribution in [0.1, 0.15) is 82.9 Å². The van der Waals surface area contributed by atoms with E-state index >= 15 is 0 Å². The molecule has 1 aromatic rings. The number of carbonyl (C=O) groups excluding carboxylic acids is 1. The lowest BCUT2D eigenvalue weighted by atomic mass is 9.89. The summed E-state index contributed by atoms with van der Waals surface area (Å²) in [7, 11) is -2.03. The molecule has 0 spiro atoms. The van der Waals surface area contributed by atoms with Gasteiger partial charge < -0.3 is 4.90 Å². The van der Waals surface area contributed by atoms with Gasteiger partial charge in [0, 0.05) is 19.6 Å². The second-order valence-electron chi connectivity index (χ2n) is 8.64. The van der Waals surface area contributed by atoms with Gasteiger partial charge in [-0.1, -0.05) is 53.7 Å². The maximum absolute atomic E-state index is 13.7. The second kappa shape index (κ2) is 7.92. The number of piperazine rings is 1. The Balaban J connectivity index is 2.69. The highest BCUT2D eigenvalue weighted by Gasteiger charge is 2.38. The van der Waals surface area contributed by atoms with E-state index in [0.29, 0.717) is 17.4 Å². The van der Waals surface area contributed by atoms with Gasteiger partial charge in [0.1, 0.15) is 0 Å². The molecule has 1 unspecified atom stereocenters. The molecule has 1 amide bonds. The van der Waals surface area contributed by atoms with Gasteiger partial charge in [-0.2, -0.15) is 4.31 Å². The smallest absolute Gasteiger partial charge is 0.244 e. The second-order valence-corrected chi connectivity index (χ2v) is 10.5.